The number of benzene rings is 2. The van der Waals surface area contributed by atoms with Gasteiger partial charge >= 0.3 is 6.18 Å². The number of nitrogens with one attached hydrogen (secondary N) is 2. The Morgan fingerprint density at radius 3 is 2.49 bits per heavy atom. The number of ether oxygens (including phenoxy) is 2. The number of carbonyl (C=O) groups excluding carboxylic acids is 1. The van der Waals surface area contributed by atoms with Crippen LogP contribution in [0.1, 0.15) is 40.0 Å². The maximum Gasteiger partial charge on any atom is 0.435 e. The van der Waals surface area contributed by atoms with Crippen LogP contribution < -0.4 is 14.8 Å². The number of aromatic nitrogens is 2. The zero-order chi connectivity index (χ0) is 28.8. The molecule has 3 aromatic rings. The molecule has 1 atom stereocenters. The summed E-state index contributed by atoms with van der Waals surface area (Å²) in [5.74, 6) is -3.37. The molecular weight excluding hydrogens is 542 g/mol. The molecule has 0 bridgehead atoms. The van der Waals surface area contributed by atoms with Gasteiger partial charge in [-0.05, 0) is 49.6 Å². The molecule has 1 aromatic heterocycles. The third kappa shape index (κ3) is 5.35. The van der Waals surface area contributed by atoms with Crippen molar-refractivity contribution >= 4 is 21.3 Å². The fourth-order valence-electron chi connectivity index (χ4n) is 3.97. The van der Waals surface area contributed by atoms with E-state index in [4.69, 9.17) is 14.3 Å². The summed E-state index contributed by atoms with van der Waals surface area (Å²) in [7, 11) is -2.01. The molecule has 1 aliphatic carbocycles. The molecule has 39 heavy (non-hydrogen) atoms. The highest BCUT2D eigenvalue weighted by atomic mass is 32.2. The molecule has 0 radical (unpaired) electrons. The number of anilines is 1. The summed E-state index contributed by atoms with van der Waals surface area (Å²) in [4.78, 5) is 13.3. The van der Waals surface area contributed by atoms with Crippen LogP contribution in [0.2, 0.25) is 0 Å². The first-order valence-corrected chi connectivity index (χ1v) is 13.2. The monoisotopic (exact) mass is 563 g/mol. The van der Waals surface area contributed by atoms with Gasteiger partial charge in [0.05, 0.1) is 28.3 Å². The molecule has 4 rings (SSSR count). The molecule has 204 valence electrons. The highest BCUT2D eigenvalue weighted by Gasteiger charge is 2.47. The van der Waals surface area contributed by atoms with E-state index in [1.54, 1.807) is 0 Å². The fraction of sp³-hybridized carbons (Fsp3) is 0.280. The van der Waals surface area contributed by atoms with E-state index in [2.05, 4.69) is 21.6 Å². The van der Waals surface area contributed by atoms with Crippen molar-refractivity contribution in [3.63, 3.8) is 0 Å². The number of hydrogen-bond donors (Lipinski definition) is 2. The van der Waals surface area contributed by atoms with Crippen LogP contribution in [0.25, 0.3) is 0 Å². The molecule has 14 heteroatoms. The molecule has 0 saturated heterocycles. The van der Waals surface area contributed by atoms with Crippen LogP contribution in [0.15, 0.2) is 41.3 Å². The molecular formula is C25H21F4N5O4S. The van der Waals surface area contributed by atoms with Crippen LogP contribution in [0.4, 0.5) is 23.2 Å². The van der Waals surface area contributed by atoms with Crippen molar-refractivity contribution < 1.29 is 36.0 Å². The lowest BCUT2D eigenvalue weighted by molar-refractivity contribution is -0.142. The van der Waals surface area contributed by atoms with Crippen molar-refractivity contribution in [1.82, 2.24) is 10.2 Å². The summed E-state index contributed by atoms with van der Waals surface area (Å²) in [5.41, 5.74) is -3.56. The van der Waals surface area contributed by atoms with Crippen LogP contribution in [0.5, 0.6) is 17.4 Å². The average molecular weight is 564 g/mol. The van der Waals surface area contributed by atoms with E-state index in [0.717, 1.165) is 14.0 Å². The maximum atomic E-state index is 15.3. The summed E-state index contributed by atoms with van der Waals surface area (Å²) in [6.07, 6.45) is -2.88. The summed E-state index contributed by atoms with van der Waals surface area (Å²) in [5, 5.41) is 18.5. The number of halogens is 4. The molecule has 0 spiro atoms. The van der Waals surface area contributed by atoms with E-state index in [1.165, 1.54) is 42.7 Å². The minimum Gasteiger partial charge on any atom is -0.490 e. The first-order valence-electron chi connectivity index (χ1n) is 11.3. The summed E-state index contributed by atoms with van der Waals surface area (Å²) in [6.45, 7) is 1.00. The third-order valence-corrected chi connectivity index (χ3v) is 7.33. The Labute approximate surface area is 220 Å². The van der Waals surface area contributed by atoms with Crippen LogP contribution in [0, 0.1) is 28.9 Å². The second-order valence-corrected chi connectivity index (χ2v) is 11.1. The molecule has 1 heterocycles. The summed E-state index contributed by atoms with van der Waals surface area (Å²) >= 11 is 0. The minimum atomic E-state index is -4.95. The smallest absolute Gasteiger partial charge is 0.435 e. The van der Waals surface area contributed by atoms with Crippen LogP contribution in [-0.2, 0) is 21.3 Å². The molecule has 2 aromatic carbocycles. The van der Waals surface area contributed by atoms with Crippen molar-refractivity contribution in [2.24, 2.45) is 0 Å². The number of methoxy groups -OCH3 is 1. The second-order valence-electron chi connectivity index (χ2n) is 8.93. The first-order chi connectivity index (χ1) is 18.2. The zero-order valence-corrected chi connectivity index (χ0v) is 21.6. The lowest BCUT2D eigenvalue weighted by atomic mass is 9.96. The van der Waals surface area contributed by atoms with Gasteiger partial charge in [0.25, 0.3) is 11.8 Å². The van der Waals surface area contributed by atoms with Gasteiger partial charge in [-0.2, -0.15) is 18.4 Å². The molecule has 1 saturated carbocycles. The highest BCUT2D eigenvalue weighted by molar-refractivity contribution is 7.91. The van der Waals surface area contributed by atoms with E-state index in [-0.39, 0.29) is 21.9 Å². The Morgan fingerprint density at radius 1 is 1.23 bits per heavy atom. The normalized spacial score (nSPS) is 15.5. The predicted molar refractivity (Wildman–Crippen MR) is 131 cm³/mol. The van der Waals surface area contributed by atoms with Crippen LogP contribution in [-0.4, -0.2) is 33.7 Å². The predicted octanol–water partition coefficient (Wildman–Crippen LogP) is 5.59. The summed E-state index contributed by atoms with van der Waals surface area (Å²) < 4.78 is 86.6. The number of rotatable bonds is 7. The number of carbonyl (C=O) groups is 1. The number of nitrogens with zero attached hydrogens (tertiary/aromatic N) is 3. The first kappa shape index (κ1) is 27.8. The van der Waals surface area contributed by atoms with Crippen molar-refractivity contribution in [1.29, 1.82) is 10.0 Å². The lowest BCUT2D eigenvalue weighted by Crippen LogP contribution is -2.21. The van der Waals surface area contributed by atoms with Gasteiger partial charge in [0, 0.05) is 22.4 Å². The summed E-state index contributed by atoms with van der Waals surface area (Å²) in [6, 6.07) is 10.1. The fourth-order valence-corrected chi connectivity index (χ4v) is 4.66. The Morgan fingerprint density at radius 2 is 1.92 bits per heavy atom. The Hall–Kier alpha value is -4.25. The van der Waals surface area contributed by atoms with Gasteiger partial charge in [0.2, 0.25) is 0 Å². The van der Waals surface area contributed by atoms with Crippen LogP contribution >= 0.6 is 0 Å². The topological polar surface area (TPSA) is 138 Å². The second kappa shape index (κ2) is 9.81. The standard InChI is InChI=1S/C25H21F4N5O4S/c1-13-18(22(35)32-14-5-4-6-15(11-14)39(3,31)36)23(34-33-21(13)25(27,28)29)38-17-8-7-16(19(26)20(17)37-2)24(12-30)9-10-24/h4-8,11,31H,9-10H2,1-3H3,(H,32,35). The quantitative estimate of drug-likeness (QED) is 0.358. The SMILES string of the molecule is COc1c(Oc2nnc(C(F)(F)F)c(C)c2C(=O)Nc2cccc(S(C)(=N)=O)c2)ccc(C2(C#N)CC2)c1F. The van der Waals surface area contributed by atoms with E-state index in [9.17, 15) is 27.4 Å². The van der Waals surface area contributed by atoms with Gasteiger partial charge in [-0.25, -0.2) is 13.4 Å². The molecule has 1 aliphatic rings. The number of amides is 1. The third-order valence-electron chi connectivity index (χ3n) is 6.17. The number of alkyl halides is 3. The minimum absolute atomic E-state index is 0.0502. The van der Waals surface area contributed by atoms with E-state index in [0.29, 0.717) is 12.8 Å². The van der Waals surface area contributed by atoms with Gasteiger partial charge in [0.1, 0.15) is 5.56 Å². The van der Waals surface area contributed by atoms with Crippen molar-refractivity contribution in [3.05, 3.63) is 64.6 Å². The van der Waals surface area contributed by atoms with Crippen molar-refractivity contribution in [2.75, 3.05) is 18.7 Å². The van der Waals surface area contributed by atoms with Gasteiger partial charge in [-0.15, -0.1) is 10.2 Å². The molecule has 2 N–H and O–H groups in total. The Kier molecular flexibility index (Phi) is 6.99. The molecule has 0 aliphatic heterocycles. The van der Waals surface area contributed by atoms with Gasteiger partial charge in [-0.3, -0.25) is 4.79 Å². The van der Waals surface area contributed by atoms with Crippen molar-refractivity contribution in [2.45, 2.75) is 36.3 Å². The average Bonchev–Trinajstić information content (AvgIpc) is 3.64. The molecule has 1 fully saturated rings. The van der Waals surface area contributed by atoms with Crippen LogP contribution in [0.3, 0.4) is 0 Å². The van der Waals surface area contributed by atoms with E-state index >= 15 is 4.39 Å². The number of hydrogen-bond acceptors (Lipinski definition) is 8. The van der Waals surface area contributed by atoms with Crippen molar-refractivity contribution in [3.8, 4) is 23.4 Å². The zero-order valence-electron chi connectivity index (χ0n) is 20.8. The van der Waals surface area contributed by atoms with Gasteiger partial charge < -0.3 is 14.8 Å². The molecule has 9 nitrogen and oxygen atoms in total. The maximum absolute atomic E-state index is 15.3. The Balaban J connectivity index is 1.79. The van der Waals surface area contributed by atoms with E-state index < -0.39 is 61.5 Å². The molecule has 1 unspecified atom stereocenters. The van der Waals surface area contributed by atoms with Gasteiger partial charge in [0.15, 0.2) is 23.0 Å². The lowest BCUT2D eigenvalue weighted by Gasteiger charge is -2.18. The Bertz CT molecular complexity index is 1630. The largest absolute Gasteiger partial charge is 0.490 e. The number of nitriles is 1. The van der Waals surface area contributed by atoms with E-state index in [1.807, 2.05) is 0 Å². The van der Waals surface area contributed by atoms with Gasteiger partial charge in [-0.1, -0.05) is 12.1 Å². The molecule has 1 amide bonds. The highest BCUT2D eigenvalue weighted by Crippen LogP contribution is 2.51.